The number of nitrogens with one attached hydrogen (secondary N) is 1. The number of ether oxygens (including phenoxy) is 1. The number of nitrogens with zero attached hydrogens (tertiary/aromatic N) is 1. The Balaban J connectivity index is 1.94. The maximum atomic E-state index is 14.7. The van der Waals surface area contributed by atoms with Crippen LogP contribution in [-0.2, 0) is 4.79 Å². The lowest BCUT2D eigenvalue weighted by Crippen LogP contribution is -2.41. The Bertz CT molecular complexity index is 681. The van der Waals surface area contributed by atoms with Crippen molar-refractivity contribution in [3.63, 3.8) is 0 Å². The van der Waals surface area contributed by atoms with E-state index in [1.807, 2.05) is 4.81 Å². The minimum atomic E-state index is -0.556. The lowest BCUT2D eigenvalue weighted by atomic mass is 9.82. The largest absolute Gasteiger partial charge is 0.480 e. The fourth-order valence-electron chi connectivity index (χ4n) is 2.88. The van der Waals surface area contributed by atoms with Crippen molar-refractivity contribution < 1.29 is 18.9 Å². The Morgan fingerprint density at radius 2 is 2.35 bits per heavy atom. The first-order chi connectivity index (χ1) is 11.0. The van der Waals surface area contributed by atoms with Gasteiger partial charge in [-0.15, -0.1) is 0 Å². The molecule has 0 bridgehead atoms. The molecule has 2 N–H and O–H groups in total. The number of hydrogen-bond donors (Lipinski definition) is 2. The maximum Gasteiger partial charge on any atom is 0.376 e. The molecule has 1 amide bonds. The van der Waals surface area contributed by atoms with Gasteiger partial charge in [-0.2, -0.15) is 0 Å². The zero-order chi connectivity index (χ0) is 16.6. The number of piperidine rings is 1. The van der Waals surface area contributed by atoms with E-state index in [1.165, 1.54) is 6.07 Å². The standard InChI is InChI=1S/C15H17BClFN2O3/c1-16(22)20-4-2-3-9(7-20)5-10-6-11(17)15-14(13(10)18)19-12(21)8-23-15/h5-6,22H,2-4,7-8H2,1H3,(H,19,21). The highest BCUT2D eigenvalue weighted by molar-refractivity contribution is 6.45. The van der Waals surface area contributed by atoms with Gasteiger partial charge < -0.3 is 19.9 Å². The van der Waals surface area contributed by atoms with E-state index in [2.05, 4.69) is 5.32 Å². The molecule has 0 aliphatic carbocycles. The van der Waals surface area contributed by atoms with Crippen LogP contribution in [0.5, 0.6) is 5.75 Å². The van der Waals surface area contributed by atoms with Gasteiger partial charge >= 0.3 is 7.05 Å². The van der Waals surface area contributed by atoms with Gasteiger partial charge in [0.2, 0.25) is 0 Å². The minimum absolute atomic E-state index is 0.0104. The summed E-state index contributed by atoms with van der Waals surface area (Å²) in [7, 11) is -0.539. The number of rotatable bonds is 2. The van der Waals surface area contributed by atoms with Crippen LogP contribution in [0.25, 0.3) is 6.08 Å². The Morgan fingerprint density at radius 1 is 1.57 bits per heavy atom. The molecule has 23 heavy (non-hydrogen) atoms. The van der Waals surface area contributed by atoms with E-state index >= 15 is 0 Å². The van der Waals surface area contributed by atoms with Gasteiger partial charge in [-0.1, -0.05) is 23.3 Å². The van der Waals surface area contributed by atoms with Gasteiger partial charge in [0, 0.05) is 12.1 Å². The number of carbonyl (C=O) groups excluding carboxylic acids is 1. The van der Waals surface area contributed by atoms with Crippen LogP contribution in [0.15, 0.2) is 11.6 Å². The fraction of sp³-hybridized carbons (Fsp3) is 0.400. The van der Waals surface area contributed by atoms with E-state index in [0.29, 0.717) is 12.1 Å². The molecule has 0 aromatic heterocycles. The molecule has 122 valence electrons. The minimum Gasteiger partial charge on any atom is -0.480 e. The van der Waals surface area contributed by atoms with Crippen molar-refractivity contribution in [2.24, 2.45) is 0 Å². The summed E-state index contributed by atoms with van der Waals surface area (Å²) in [5.41, 5.74) is 1.31. The van der Waals surface area contributed by atoms with E-state index in [9.17, 15) is 14.2 Å². The van der Waals surface area contributed by atoms with E-state index in [0.717, 1.165) is 25.0 Å². The first kappa shape index (κ1) is 16.3. The van der Waals surface area contributed by atoms with Gasteiger partial charge in [0.15, 0.2) is 18.2 Å². The van der Waals surface area contributed by atoms with Crippen LogP contribution in [0.2, 0.25) is 11.8 Å². The molecule has 0 atom stereocenters. The zero-order valence-corrected chi connectivity index (χ0v) is 13.5. The molecule has 2 aliphatic rings. The summed E-state index contributed by atoms with van der Waals surface area (Å²) in [6.07, 6.45) is 3.47. The van der Waals surface area contributed by atoms with Gasteiger partial charge in [-0.3, -0.25) is 4.79 Å². The van der Waals surface area contributed by atoms with E-state index in [-0.39, 0.29) is 23.1 Å². The summed E-state index contributed by atoms with van der Waals surface area (Å²) < 4.78 is 19.9. The molecule has 2 aliphatic heterocycles. The molecule has 8 heteroatoms. The highest BCUT2D eigenvalue weighted by atomic mass is 35.5. The normalized spacial score (nSPS) is 20.0. The van der Waals surface area contributed by atoms with Crippen LogP contribution >= 0.6 is 11.6 Å². The highest BCUT2D eigenvalue weighted by Crippen LogP contribution is 2.40. The number of amides is 1. The van der Waals surface area contributed by atoms with Gasteiger partial charge in [-0.25, -0.2) is 4.39 Å². The fourth-order valence-corrected chi connectivity index (χ4v) is 3.15. The second-order valence-corrected chi connectivity index (χ2v) is 6.22. The van der Waals surface area contributed by atoms with Crippen molar-refractivity contribution in [1.29, 1.82) is 0 Å². The second kappa shape index (κ2) is 6.51. The third-order valence-electron chi connectivity index (χ3n) is 4.05. The quantitative estimate of drug-likeness (QED) is 0.813. The maximum absolute atomic E-state index is 14.7. The Labute approximate surface area is 139 Å². The van der Waals surface area contributed by atoms with Crippen molar-refractivity contribution in [3.05, 3.63) is 28.0 Å². The van der Waals surface area contributed by atoms with E-state index in [4.69, 9.17) is 16.3 Å². The first-order valence-corrected chi connectivity index (χ1v) is 7.89. The molecule has 2 heterocycles. The number of carbonyl (C=O) groups is 1. The van der Waals surface area contributed by atoms with Crippen LogP contribution < -0.4 is 10.1 Å². The summed E-state index contributed by atoms with van der Waals surface area (Å²) >= 11 is 6.14. The molecule has 0 spiro atoms. The highest BCUT2D eigenvalue weighted by Gasteiger charge is 2.26. The predicted molar refractivity (Wildman–Crippen MR) is 88.2 cm³/mol. The number of fused-ring (bicyclic) bond motifs is 1. The van der Waals surface area contributed by atoms with Crippen LogP contribution in [0.1, 0.15) is 18.4 Å². The van der Waals surface area contributed by atoms with Crippen molar-refractivity contribution >= 4 is 36.3 Å². The molecular formula is C15H17BClFN2O3. The summed E-state index contributed by atoms with van der Waals surface area (Å²) in [5.74, 6) is -0.797. The van der Waals surface area contributed by atoms with Crippen molar-refractivity contribution in [3.8, 4) is 5.75 Å². The van der Waals surface area contributed by atoms with Crippen molar-refractivity contribution in [1.82, 2.24) is 4.81 Å². The summed E-state index contributed by atoms with van der Waals surface area (Å²) in [4.78, 5) is 13.3. The molecule has 5 nitrogen and oxygen atoms in total. The Morgan fingerprint density at radius 3 is 3.09 bits per heavy atom. The molecule has 0 radical (unpaired) electrons. The predicted octanol–water partition coefficient (Wildman–Crippen LogP) is 2.40. The van der Waals surface area contributed by atoms with Crippen molar-refractivity contribution in [2.45, 2.75) is 19.7 Å². The Hall–Kier alpha value is -1.57. The lowest BCUT2D eigenvalue weighted by Gasteiger charge is -2.29. The smallest absolute Gasteiger partial charge is 0.376 e. The summed E-state index contributed by atoms with van der Waals surface area (Å²) in [5, 5.41) is 12.4. The van der Waals surface area contributed by atoms with Gasteiger partial charge in [-0.05, 0) is 32.3 Å². The third kappa shape index (κ3) is 3.36. The number of halogens is 2. The Kier molecular flexibility index (Phi) is 4.61. The third-order valence-corrected chi connectivity index (χ3v) is 4.33. The molecule has 3 rings (SSSR count). The van der Waals surface area contributed by atoms with Crippen LogP contribution in [-0.4, -0.2) is 42.5 Å². The van der Waals surface area contributed by atoms with Crippen molar-refractivity contribution in [2.75, 3.05) is 25.0 Å². The molecular weight excluding hydrogens is 321 g/mol. The number of hydrogen-bond acceptors (Lipinski definition) is 4. The lowest BCUT2D eigenvalue weighted by molar-refractivity contribution is -0.118. The molecule has 1 aromatic rings. The van der Waals surface area contributed by atoms with Gasteiger partial charge in [0.1, 0.15) is 5.69 Å². The molecule has 1 fully saturated rings. The first-order valence-electron chi connectivity index (χ1n) is 7.52. The molecule has 0 saturated carbocycles. The number of benzene rings is 1. The topological polar surface area (TPSA) is 61.8 Å². The van der Waals surface area contributed by atoms with Gasteiger partial charge in [0.05, 0.1) is 5.02 Å². The van der Waals surface area contributed by atoms with E-state index < -0.39 is 18.8 Å². The SMILES string of the molecule is CB(O)N1CCCC(=Cc2cc(Cl)c3c(c2F)NC(=O)CO3)C1. The average molecular weight is 339 g/mol. The summed E-state index contributed by atoms with van der Waals surface area (Å²) in [6, 6.07) is 1.50. The molecule has 1 saturated heterocycles. The summed E-state index contributed by atoms with van der Waals surface area (Å²) in [6.45, 7) is 2.93. The van der Waals surface area contributed by atoms with Gasteiger partial charge in [0.25, 0.3) is 5.91 Å². The number of anilines is 1. The van der Waals surface area contributed by atoms with Crippen LogP contribution in [0.3, 0.4) is 0 Å². The molecule has 0 unspecified atom stereocenters. The van der Waals surface area contributed by atoms with Crippen LogP contribution in [0.4, 0.5) is 10.1 Å². The molecule has 1 aromatic carbocycles. The average Bonchev–Trinajstić information content (AvgIpc) is 2.52. The monoisotopic (exact) mass is 338 g/mol. The second-order valence-electron chi connectivity index (χ2n) is 5.81. The van der Waals surface area contributed by atoms with Crippen LogP contribution in [0, 0.1) is 5.82 Å². The van der Waals surface area contributed by atoms with E-state index in [1.54, 1.807) is 12.9 Å². The zero-order valence-electron chi connectivity index (χ0n) is 12.7.